The Morgan fingerprint density at radius 3 is 2.40 bits per heavy atom. The van der Waals surface area contributed by atoms with Crippen LogP contribution in [0.1, 0.15) is 18.4 Å². The first kappa shape index (κ1) is 20.0. The standard InChI is InChI=1S/C24H21F2NO3/c25-19-8-6-17(7-9-19)21-16-20(10-11-22(21)26)27-14-12-24(13-15-28,30-23(27)29)18-4-2-1-3-5-18/h1-11,16,28H,12-15H2. The van der Waals surface area contributed by atoms with E-state index in [1.54, 1.807) is 6.07 Å². The molecule has 0 spiro atoms. The third-order valence-electron chi connectivity index (χ3n) is 5.47. The summed E-state index contributed by atoms with van der Waals surface area (Å²) in [7, 11) is 0. The van der Waals surface area contributed by atoms with Crippen LogP contribution < -0.4 is 4.90 Å². The van der Waals surface area contributed by atoms with Gasteiger partial charge in [0.15, 0.2) is 0 Å². The molecule has 1 aliphatic heterocycles. The number of rotatable bonds is 5. The molecule has 30 heavy (non-hydrogen) atoms. The number of hydrogen-bond acceptors (Lipinski definition) is 3. The van der Waals surface area contributed by atoms with Crippen molar-refractivity contribution in [3.8, 4) is 11.1 Å². The molecular weight excluding hydrogens is 388 g/mol. The van der Waals surface area contributed by atoms with Crippen LogP contribution in [0.25, 0.3) is 11.1 Å². The predicted octanol–water partition coefficient (Wildman–Crippen LogP) is 5.26. The minimum absolute atomic E-state index is 0.118. The average Bonchev–Trinajstić information content (AvgIpc) is 2.76. The van der Waals surface area contributed by atoms with Crippen LogP contribution in [0.3, 0.4) is 0 Å². The van der Waals surface area contributed by atoms with E-state index < -0.39 is 23.3 Å². The van der Waals surface area contributed by atoms with E-state index >= 15 is 0 Å². The molecule has 4 nitrogen and oxygen atoms in total. The van der Waals surface area contributed by atoms with Crippen LogP contribution in [0.2, 0.25) is 0 Å². The normalized spacial score (nSPS) is 18.9. The summed E-state index contributed by atoms with van der Waals surface area (Å²) in [5, 5.41) is 9.55. The Kier molecular flexibility index (Phi) is 5.50. The first-order valence-corrected chi connectivity index (χ1v) is 9.75. The van der Waals surface area contributed by atoms with E-state index in [2.05, 4.69) is 0 Å². The Labute approximate surface area is 173 Å². The van der Waals surface area contributed by atoms with Gasteiger partial charge < -0.3 is 9.84 Å². The number of anilines is 1. The summed E-state index contributed by atoms with van der Waals surface area (Å²) in [5.41, 5.74) is 1.21. The number of ether oxygens (including phenoxy) is 1. The fourth-order valence-electron chi connectivity index (χ4n) is 3.87. The van der Waals surface area contributed by atoms with Crippen LogP contribution in [-0.4, -0.2) is 24.4 Å². The first-order valence-electron chi connectivity index (χ1n) is 9.75. The molecule has 1 aliphatic rings. The summed E-state index contributed by atoms with van der Waals surface area (Å²) < 4.78 is 33.5. The summed E-state index contributed by atoms with van der Waals surface area (Å²) in [4.78, 5) is 14.4. The zero-order valence-corrected chi connectivity index (χ0v) is 16.2. The number of hydrogen-bond donors (Lipinski definition) is 1. The molecule has 0 radical (unpaired) electrons. The lowest BCUT2D eigenvalue weighted by Crippen LogP contribution is -2.48. The summed E-state index contributed by atoms with van der Waals surface area (Å²) in [6, 6.07) is 19.2. The maximum absolute atomic E-state index is 14.4. The van der Waals surface area contributed by atoms with Gasteiger partial charge in [-0.1, -0.05) is 42.5 Å². The molecule has 1 atom stereocenters. The van der Waals surface area contributed by atoms with Crippen molar-refractivity contribution in [1.82, 2.24) is 0 Å². The Morgan fingerprint density at radius 1 is 1.00 bits per heavy atom. The van der Waals surface area contributed by atoms with Crippen molar-refractivity contribution in [2.24, 2.45) is 0 Å². The molecule has 3 aromatic rings. The topological polar surface area (TPSA) is 49.8 Å². The summed E-state index contributed by atoms with van der Waals surface area (Å²) >= 11 is 0. The molecule has 1 unspecified atom stereocenters. The second-order valence-electron chi connectivity index (χ2n) is 7.27. The first-order chi connectivity index (χ1) is 14.5. The molecule has 0 aromatic heterocycles. The number of carbonyl (C=O) groups excluding carboxylic acids is 1. The number of aliphatic hydroxyl groups is 1. The van der Waals surface area contributed by atoms with Crippen LogP contribution in [-0.2, 0) is 10.3 Å². The molecule has 0 aliphatic carbocycles. The van der Waals surface area contributed by atoms with E-state index in [1.807, 2.05) is 30.3 Å². The molecule has 6 heteroatoms. The van der Waals surface area contributed by atoms with E-state index in [0.29, 0.717) is 30.6 Å². The van der Waals surface area contributed by atoms with Gasteiger partial charge in [0.2, 0.25) is 0 Å². The minimum Gasteiger partial charge on any atom is -0.437 e. The zero-order valence-electron chi connectivity index (χ0n) is 16.2. The second kappa shape index (κ2) is 8.24. The number of carbonyl (C=O) groups is 1. The van der Waals surface area contributed by atoms with E-state index in [4.69, 9.17) is 4.74 Å². The minimum atomic E-state index is -0.899. The Balaban J connectivity index is 1.63. The van der Waals surface area contributed by atoms with Crippen molar-refractivity contribution in [1.29, 1.82) is 0 Å². The monoisotopic (exact) mass is 409 g/mol. The van der Waals surface area contributed by atoms with Crippen molar-refractivity contribution >= 4 is 11.8 Å². The van der Waals surface area contributed by atoms with Crippen LogP contribution in [0.15, 0.2) is 72.8 Å². The number of nitrogens with zero attached hydrogens (tertiary/aromatic N) is 1. The van der Waals surface area contributed by atoms with E-state index in [1.165, 1.54) is 41.3 Å². The Bertz CT molecular complexity index is 1040. The molecule has 4 rings (SSSR count). The van der Waals surface area contributed by atoms with Gasteiger partial charge >= 0.3 is 6.09 Å². The summed E-state index contributed by atoms with van der Waals surface area (Å²) in [6.45, 7) is 0.232. The molecule has 1 saturated heterocycles. The van der Waals surface area contributed by atoms with Crippen molar-refractivity contribution < 1.29 is 23.4 Å². The molecule has 1 N–H and O–H groups in total. The summed E-state index contributed by atoms with van der Waals surface area (Å²) in [5.74, 6) is -0.870. The molecule has 154 valence electrons. The third kappa shape index (κ3) is 3.78. The molecule has 0 saturated carbocycles. The van der Waals surface area contributed by atoms with Gasteiger partial charge in [0.1, 0.15) is 17.2 Å². The lowest BCUT2D eigenvalue weighted by Gasteiger charge is -2.41. The molecule has 1 amide bonds. The predicted molar refractivity (Wildman–Crippen MR) is 110 cm³/mol. The SMILES string of the molecule is O=C1OC(CCO)(c2ccccc2)CCN1c1ccc(F)c(-c2ccc(F)cc2)c1. The quantitative estimate of drug-likeness (QED) is 0.626. The smallest absolute Gasteiger partial charge is 0.415 e. The van der Waals surface area contributed by atoms with Crippen LogP contribution in [0.5, 0.6) is 0 Å². The lowest BCUT2D eigenvalue weighted by atomic mass is 9.86. The summed E-state index contributed by atoms with van der Waals surface area (Å²) in [6.07, 6.45) is 0.211. The van der Waals surface area contributed by atoms with E-state index in [9.17, 15) is 18.7 Å². The van der Waals surface area contributed by atoms with Gasteiger partial charge in [0, 0.05) is 37.2 Å². The van der Waals surface area contributed by atoms with E-state index in [-0.39, 0.29) is 12.2 Å². The molecule has 1 heterocycles. The highest BCUT2D eigenvalue weighted by molar-refractivity contribution is 5.90. The average molecular weight is 409 g/mol. The highest BCUT2D eigenvalue weighted by Gasteiger charge is 2.42. The molecule has 3 aromatic carbocycles. The highest BCUT2D eigenvalue weighted by atomic mass is 19.1. The largest absolute Gasteiger partial charge is 0.437 e. The number of benzene rings is 3. The number of cyclic esters (lactones) is 1. The van der Waals surface area contributed by atoms with Crippen LogP contribution in [0.4, 0.5) is 19.3 Å². The van der Waals surface area contributed by atoms with Crippen LogP contribution >= 0.6 is 0 Å². The van der Waals surface area contributed by atoms with Gasteiger partial charge in [0.05, 0.1) is 0 Å². The van der Waals surface area contributed by atoms with Gasteiger partial charge in [-0.05, 0) is 41.5 Å². The molecular formula is C24H21F2NO3. The molecule has 1 fully saturated rings. The number of aliphatic hydroxyl groups excluding tert-OH is 1. The molecule has 0 bridgehead atoms. The van der Waals surface area contributed by atoms with Crippen LogP contribution in [0, 0.1) is 11.6 Å². The van der Waals surface area contributed by atoms with Gasteiger partial charge in [-0.25, -0.2) is 13.6 Å². The van der Waals surface area contributed by atoms with Crippen molar-refractivity contribution in [2.75, 3.05) is 18.1 Å². The van der Waals surface area contributed by atoms with Gasteiger partial charge in [-0.3, -0.25) is 4.90 Å². The number of amides is 1. The van der Waals surface area contributed by atoms with E-state index in [0.717, 1.165) is 5.56 Å². The van der Waals surface area contributed by atoms with Crippen molar-refractivity contribution in [3.05, 3.63) is 90.0 Å². The highest BCUT2D eigenvalue weighted by Crippen LogP contribution is 2.39. The van der Waals surface area contributed by atoms with Gasteiger partial charge in [-0.15, -0.1) is 0 Å². The Hall–Kier alpha value is -3.25. The maximum Gasteiger partial charge on any atom is 0.415 e. The second-order valence-corrected chi connectivity index (χ2v) is 7.27. The van der Waals surface area contributed by atoms with Crippen molar-refractivity contribution in [3.63, 3.8) is 0 Å². The Morgan fingerprint density at radius 2 is 1.73 bits per heavy atom. The van der Waals surface area contributed by atoms with Gasteiger partial charge in [-0.2, -0.15) is 0 Å². The zero-order chi connectivity index (χ0) is 21.1. The van der Waals surface area contributed by atoms with Gasteiger partial charge in [0.25, 0.3) is 0 Å². The fourth-order valence-corrected chi connectivity index (χ4v) is 3.87. The van der Waals surface area contributed by atoms with Crippen molar-refractivity contribution in [2.45, 2.75) is 18.4 Å². The lowest BCUT2D eigenvalue weighted by molar-refractivity contribution is -0.0257. The maximum atomic E-state index is 14.4. The number of halogens is 2. The third-order valence-corrected chi connectivity index (χ3v) is 5.47. The fraction of sp³-hybridized carbons (Fsp3) is 0.208.